The number of aromatic nitrogens is 1. The minimum Gasteiger partial charge on any atom is -0.487 e. The van der Waals surface area contributed by atoms with E-state index in [-0.39, 0.29) is 11.9 Å². The van der Waals surface area contributed by atoms with Gasteiger partial charge in [-0.1, -0.05) is 41.9 Å². The van der Waals surface area contributed by atoms with E-state index in [1.165, 1.54) is 0 Å². The van der Waals surface area contributed by atoms with Gasteiger partial charge in [-0.05, 0) is 67.3 Å². The van der Waals surface area contributed by atoms with E-state index in [1.54, 1.807) is 6.20 Å². The van der Waals surface area contributed by atoms with Crippen LogP contribution in [0.5, 0.6) is 5.75 Å². The summed E-state index contributed by atoms with van der Waals surface area (Å²) in [5, 5.41) is 3.83. The molecular formula is C24H23ClN2O2. The summed E-state index contributed by atoms with van der Waals surface area (Å²) in [6.07, 6.45) is 3.44. The molecule has 1 atom stereocenters. The van der Waals surface area contributed by atoms with Crippen LogP contribution in [-0.4, -0.2) is 10.9 Å². The van der Waals surface area contributed by atoms with E-state index in [1.807, 2.05) is 73.7 Å². The zero-order valence-electron chi connectivity index (χ0n) is 16.3. The molecule has 0 spiro atoms. The zero-order valence-corrected chi connectivity index (χ0v) is 17.0. The van der Waals surface area contributed by atoms with Crippen LogP contribution in [0.1, 0.15) is 42.6 Å². The SMILES string of the molecule is CC(NC(=O)C1(c2cccc(Cl)c2)CC1)c1cccc(OCc2ccccn2)c1. The van der Waals surface area contributed by atoms with Crippen molar-refractivity contribution in [3.8, 4) is 5.75 Å². The maximum Gasteiger partial charge on any atom is 0.231 e. The van der Waals surface area contributed by atoms with Crippen LogP contribution < -0.4 is 10.1 Å². The summed E-state index contributed by atoms with van der Waals surface area (Å²) in [5.41, 5.74) is 2.41. The van der Waals surface area contributed by atoms with Crippen LogP contribution in [0.25, 0.3) is 0 Å². The quantitative estimate of drug-likeness (QED) is 0.585. The second kappa shape index (κ2) is 8.26. The van der Waals surface area contributed by atoms with Gasteiger partial charge in [-0.15, -0.1) is 0 Å². The lowest BCUT2D eigenvalue weighted by Gasteiger charge is -2.21. The largest absolute Gasteiger partial charge is 0.487 e. The number of halogens is 1. The van der Waals surface area contributed by atoms with Crippen molar-refractivity contribution in [2.45, 2.75) is 37.8 Å². The van der Waals surface area contributed by atoms with Crippen LogP contribution in [0, 0.1) is 0 Å². The molecular weight excluding hydrogens is 384 g/mol. The lowest BCUT2D eigenvalue weighted by atomic mass is 9.94. The third-order valence-electron chi connectivity index (χ3n) is 5.38. The van der Waals surface area contributed by atoms with Gasteiger partial charge in [0.1, 0.15) is 12.4 Å². The maximum absolute atomic E-state index is 13.0. The number of amides is 1. The van der Waals surface area contributed by atoms with Crippen molar-refractivity contribution in [3.05, 3.63) is 94.8 Å². The smallest absolute Gasteiger partial charge is 0.231 e. The van der Waals surface area contributed by atoms with Crippen LogP contribution in [0.4, 0.5) is 0 Å². The zero-order chi connectivity index (χ0) is 20.3. The van der Waals surface area contributed by atoms with Crippen molar-refractivity contribution in [1.82, 2.24) is 10.3 Å². The molecule has 1 amide bonds. The summed E-state index contributed by atoms with van der Waals surface area (Å²) in [5.74, 6) is 0.803. The van der Waals surface area contributed by atoms with Gasteiger partial charge in [0.15, 0.2) is 0 Å². The van der Waals surface area contributed by atoms with Gasteiger partial charge in [-0.3, -0.25) is 9.78 Å². The fourth-order valence-electron chi connectivity index (χ4n) is 3.49. The molecule has 0 radical (unpaired) electrons. The van der Waals surface area contributed by atoms with E-state index in [0.717, 1.165) is 35.4 Å². The average Bonchev–Trinajstić information content (AvgIpc) is 3.55. The molecule has 4 rings (SSSR count). The Kier molecular flexibility index (Phi) is 5.54. The fourth-order valence-corrected chi connectivity index (χ4v) is 3.68. The van der Waals surface area contributed by atoms with Gasteiger partial charge in [0.2, 0.25) is 5.91 Å². The third kappa shape index (κ3) is 4.43. The highest BCUT2D eigenvalue weighted by Gasteiger charge is 2.51. The van der Waals surface area contributed by atoms with Crippen molar-refractivity contribution in [2.24, 2.45) is 0 Å². The van der Waals surface area contributed by atoms with Crippen LogP contribution in [0.15, 0.2) is 72.9 Å². The van der Waals surface area contributed by atoms with E-state index in [9.17, 15) is 4.79 Å². The average molecular weight is 407 g/mol. The molecule has 4 nitrogen and oxygen atoms in total. The highest BCUT2D eigenvalue weighted by molar-refractivity contribution is 6.30. The molecule has 1 saturated carbocycles. The summed E-state index contributed by atoms with van der Waals surface area (Å²) < 4.78 is 5.86. The number of carbonyl (C=O) groups excluding carboxylic acids is 1. The topological polar surface area (TPSA) is 51.2 Å². The summed E-state index contributed by atoms with van der Waals surface area (Å²) in [7, 11) is 0. The molecule has 1 heterocycles. The summed E-state index contributed by atoms with van der Waals surface area (Å²) in [6.45, 7) is 2.40. The summed E-state index contributed by atoms with van der Waals surface area (Å²) in [4.78, 5) is 17.3. The van der Waals surface area contributed by atoms with Crippen LogP contribution in [0.3, 0.4) is 0 Å². The first-order chi connectivity index (χ1) is 14.1. The predicted octanol–water partition coefficient (Wildman–Crippen LogP) is 5.22. The third-order valence-corrected chi connectivity index (χ3v) is 5.62. The Morgan fingerprint density at radius 1 is 1.14 bits per heavy atom. The molecule has 1 fully saturated rings. The number of hydrogen-bond acceptors (Lipinski definition) is 3. The predicted molar refractivity (Wildman–Crippen MR) is 114 cm³/mol. The molecule has 0 aliphatic heterocycles. The van der Waals surface area contributed by atoms with E-state index >= 15 is 0 Å². The molecule has 5 heteroatoms. The summed E-state index contributed by atoms with van der Waals surface area (Å²) >= 11 is 6.13. The monoisotopic (exact) mass is 406 g/mol. The Bertz CT molecular complexity index is 1000. The highest BCUT2D eigenvalue weighted by atomic mass is 35.5. The molecule has 3 aromatic rings. The normalized spacial score (nSPS) is 15.4. The van der Waals surface area contributed by atoms with Gasteiger partial charge in [0.25, 0.3) is 0 Å². The van der Waals surface area contributed by atoms with Gasteiger partial charge in [-0.25, -0.2) is 0 Å². The Labute approximate surface area is 175 Å². The Morgan fingerprint density at radius 3 is 2.69 bits per heavy atom. The molecule has 148 valence electrons. The minimum absolute atomic E-state index is 0.0482. The van der Waals surface area contributed by atoms with Gasteiger partial charge in [-0.2, -0.15) is 0 Å². The molecule has 1 aliphatic carbocycles. The number of pyridine rings is 1. The number of hydrogen-bond donors (Lipinski definition) is 1. The first-order valence-corrected chi connectivity index (χ1v) is 10.1. The number of carbonyl (C=O) groups is 1. The van der Waals surface area contributed by atoms with Crippen LogP contribution in [-0.2, 0) is 16.8 Å². The summed E-state index contributed by atoms with van der Waals surface area (Å²) in [6, 6.07) is 21.0. The Morgan fingerprint density at radius 2 is 1.97 bits per heavy atom. The molecule has 1 aromatic heterocycles. The first kappa shape index (κ1) is 19.5. The van der Waals surface area contributed by atoms with Crippen molar-refractivity contribution >= 4 is 17.5 Å². The van der Waals surface area contributed by atoms with Gasteiger partial charge >= 0.3 is 0 Å². The Hall–Kier alpha value is -2.85. The molecule has 0 bridgehead atoms. The van der Waals surface area contributed by atoms with E-state index in [4.69, 9.17) is 16.3 Å². The standard InChI is InChI=1S/C24H23ClN2O2/c1-17(27-23(28)24(11-12-24)19-7-5-8-20(25)15-19)18-6-4-10-22(14-18)29-16-21-9-2-3-13-26-21/h2-10,13-15,17H,11-12,16H2,1H3,(H,27,28). The molecule has 1 unspecified atom stereocenters. The molecule has 1 aliphatic rings. The van der Waals surface area contributed by atoms with Crippen molar-refractivity contribution in [2.75, 3.05) is 0 Å². The van der Waals surface area contributed by atoms with E-state index in [0.29, 0.717) is 11.6 Å². The van der Waals surface area contributed by atoms with E-state index < -0.39 is 5.41 Å². The number of ether oxygens (including phenoxy) is 1. The van der Waals surface area contributed by atoms with Crippen molar-refractivity contribution in [3.63, 3.8) is 0 Å². The fraction of sp³-hybridized carbons (Fsp3) is 0.250. The second-order valence-corrected chi connectivity index (χ2v) is 7.91. The van der Waals surface area contributed by atoms with Crippen molar-refractivity contribution in [1.29, 1.82) is 0 Å². The van der Waals surface area contributed by atoms with Crippen LogP contribution >= 0.6 is 11.6 Å². The van der Waals surface area contributed by atoms with Crippen LogP contribution in [0.2, 0.25) is 5.02 Å². The molecule has 1 N–H and O–H groups in total. The number of rotatable bonds is 7. The number of nitrogens with one attached hydrogen (secondary N) is 1. The van der Waals surface area contributed by atoms with Gasteiger partial charge < -0.3 is 10.1 Å². The van der Waals surface area contributed by atoms with Gasteiger partial charge in [0.05, 0.1) is 17.2 Å². The maximum atomic E-state index is 13.0. The lowest BCUT2D eigenvalue weighted by Crippen LogP contribution is -2.36. The first-order valence-electron chi connectivity index (χ1n) is 9.76. The van der Waals surface area contributed by atoms with Gasteiger partial charge in [0, 0.05) is 11.2 Å². The lowest BCUT2D eigenvalue weighted by molar-refractivity contribution is -0.124. The Balaban J connectivity index is 1.42. The van der Waals surface area contributed by atoms with E-state index in [2.05, 4.69) is 10.3 Å². The highest BCUT2D eigenvalue weighted by Crippen LogP contribution is 2.49. The minimum atomic E-state index is -0.452. The second-order valence-electron chi connectivity index (χ2n) is 7.47. The number of nitrogens with zero attached hydrogens (tertiary/aromatic N) is 1. The molecule has 29 heavy (non-hydrogen) atoms. The molecule has 0 saturated heterocycles. The number of benzene rings is 2. The molecule has 2 aromatic carbocycles. The van der Waals surface area contributed by atoms with Crippen molar-refractivity contribution < 1.29 is 9.53 Å².